The van der Waals surface area contributed by atoms with E-state index in [9.17, 15) is 5.11 Å². The smallest absolute Gasteiger partial charge is 0.229 e. The molecule has 1 aliphatic rings. The van der Waals surface area contributed by atoms with Crippen molar-refractivity contribution in [1.82, 2.24) is 15.0 Å². The number of aliphatic hydroxyl groups is 1. The monoisotopic (exact) mass is 255 g/mol. The van der Waals surface area contributed by atoms with Crippen LogP contribution in [0.5, 0.6) is 0 Å². The van der Waals surface area contributed by atoms with Crippen LogP contribution in [0.15, 0.2) is 4.52 Å². The van der Waals surface area contributed by atoms with Gasteiger partial charge < -0.3 is 14.4 Å². The van der Waals surface area contributed by atoms with Crippen LogP contribution in [0.1, 0.15) is 38.1 Å². The molecule has 2 atom stereocenters. The highest BCUT2D eigenvalue weighted by Gasteiger charge is 2.25. The summed E-state index contributed by atoms with van der Waals surface area (Å²) in [5.41, 5.74) is 0. The van der Waals surface area contributed by atoms with Gasteiger partial charge in [-0.15, -0.1) is 0 Å². The molecular weight excluding hydrogens is 234 g/mol. The van der Waals surface area contributed by atoms with Crippen LogP contribution in [0.4, 0.5) is 0 Å². The van der Waals surface area contributed by atoms with E-state index in [1.807, 2.05) is 0 Å². The lowest BCUT2D eigenvalue weighted by Gasteiger charge is -2.30. The third-order valence-corrected chi connectivity index (χ3v) is 2.93. The highest BCUT2D eigenvalue weighted by atomic mass is 16.5. The van der Waals surface area contributed by atoms with Crippen molar-refractivity contribution >= 4 is 0 Å². The number of aliphatic hydroxyl groups excluding tert-OH is 1. The van der Waals surface area contributed by atoms with Crippen LogP contribution in [-0.2, 0) is 11.2 Å². The summed E-state index contributed by atoms with van der Waals surface area (Å²) >= 11 is 0. The highest BCUT2D eigenvalue weighted by Crippen LogP contribution is 2.20. The molecule has 0 aliphatic carbocycles. The zero-order valence-electron chi connectivity index (χ0n) is 11.0. The normalized spacial score (nSPS) is 23.2. The number of ether oxygens (including phenoxy) is 1. The van der Waals surface area contributed by atoms with Crippen molar-refractivity contribution in [3.8, 4) is 0 Å². The molecule has 18 heavy (non-hydrogen) atoms. The first-order valence-electron chi connectivity index (χ1n) is 6.53. The van der Waals surface area contributed by atoms with Crippen LogP contribution in [0.25, 0.3) is 0 Å². The Morgan fingerprint density at radius 3 is 3.11 bits per heavy atom. The van der Waals surface area contributed by atoms with Gasteiger partial charge in [0, 0.05) is 13.1 Å². The van der Waals surface area contributed by atoms with Crippen LogP contribution in [0.3, 0.4) is 0 Å². The summed E-state index contributed by atoms with van der Waals surface area (Å²) in [6, 6.07) is 0. The predicted octanol–water partition coefficient (Wildman–Crippen LogP) is 0.776. The minimum absolute atomic E-state index is 0.114. The van der Waals surface area contributed by atoms with Gasteiger partial charge in [-0.2, -0.15) is 4.98 Å². The van der Waals surface area contributed by atoms with E-state index in [2.05, 4.69) is 22.0 Å². The Morgan fingerprint density at radius 2 is 2.39 bits per heavy atom. The Kier molecular flexibility index (Phi) is 4.68. The number of rotatable bonds is 5. The van der Waals surface area contributed by atoms with Crippen LogP contribution in [-0.4, -0.2) is 52.5 Å². The summed E-state index contributed by atoms with van der Waals surface area (Å²) < 4.78 is 10.8. The van der Waals surface area contributed by atoms with E-state index >= 15 is 0 Å². The van der Waals surface area contributed by atoms with Gasteiger partial charge in [0.15, 0.2) is 0 Å². The van der Waals surface area contributed by atoms with Crippen LogP contribution in [0.2, 0.25) is 0 Å². The van der Waals surface area contributed by atoms with Crippen molar-refractivity contribution in [1.29, 1.82) is 0 Å². The molecule has 0 radical (unpaired) electrons. The zero-order valence-corrected chi connectivity index (χ0v) is 11.0. The van der Waals surface area contributed by atoms with Gasteiger partial charge in [0.1, 0.15) is 6.10 Å². The molecule has 6 heteroatoms. The van der Waals surface area contributed by atoms with Gasteiger partial charge in [-0.05, 0) is 19.9 Å². The third-order valence-electron chi connectivity index (χ3n) is 2.93. The Labute approximate surface area is 107 Å². The van der Waals surface area contributed by atoms with Gasteiger partial charge in [-0.1, -0.05) is 12.1 Å². The molecular formula is C12H21N3O3. The van der Waals surface area contributed by atoms with Crippen molar-refractivity contribution in [2.75, 3.05) is 26.2 Å². The Balaban J connectivity index is 1.95. The summed E-state index contributed by atoms with van der Waals surface area (Å²) in [4.78, 5) is 6.63. The maximum Gasteiger partial charge on any atom is 0.229 e. The SMILES string of the molecule is CCCN1CCOC(c2noc(CC(C)O)n2)C1. The van der Waals surface area contributed by atoms with Crippen molar-refractivity contribution in [2.45, 2.75) is 38.9 Å². The molecule has 1 aromatic rings. The molecule has 1 aromatic heterocycles. The molecule has 1 N–H and O–H groups in total. The number of nitrogens with zero attached hydrogens (tertiary/aromatic N) is 3. The van der Waals surface area contributed by atoms with E-state index < -0.39 is 6.10 Å². The van der Waals surface area contributed by atoms with E-state index in [4.69, 9.17) is 9.26 Å². The molecule has 0 amide bonds. The third kappa shape index (κ3) is 3.51. The van der Waals surface area contributed by atoms with E-state index in [0.717, 1.165) is 26.1 Å². The molecule has 6 nitrogen and oxygen atoms in total. The molecule has 2 heterocycles. The van der Waals surface area contributed by atoms with E-state index in [-0.39, 0.29) is 6.10 Å². The van der Waals surface area contributed by atoms with E-state index in [0.29, 0.717) is 24.7 Å². The first-order valence-corrected chi connectivity index (χ1v) is 6.53. The van der Waals surface area contributed by atoms with E-state index in [1.165, 1.54) is 0 Å². The molecule has 2 rings (SSSR count). The second-order valence-corrected chi connectivity index (χ2v) is 4.76. The molecule has 1 saturated heterocycles. The van der Waals surface area contributed by atoms with Gasteiger partial charge in [0.25, 0.3) is 0 Å². The summed E-state index contributed by atoms with van der Waals surface area (Å²) in [5.74, 6) is 1.06. The summed E-state index contributed by atoms with van der Waals surface area (Å²) in [6.45, 7) is 7.40. The van der Waals surface area contributed by atoms with Gasteiger partial charge in [0.2, 0.25) is 11.7 Å². The maximum atomic E-state index is 9.27. The van der Waals surface area contributed by atoms with Crippen molar-refractivity contribution in [3.63, 3.8) is 0 Å². The minimum Gasteiger partial charge on any atom is -0.393 e. The van der Waals surface area contributed by atoms with Gasteiger partial charge in [-0.25, -0.2) is 0 Å². The van der Waals surface area contributed by atoms with Crippen molar-refractivity contribution in [3.05, 3.63) is 11.7 Å². The molecule has 0 spiro atoms. The second kappa shape index (κ2) is 6.26. The van der Waals surface area contributed by atoms with Gasteiger partial charge in [-0.3, -0.25) is 4.90 Å². The fourth-order valence-corrected chi connectivity index (χ4v) is 2.11. The number of hydrogen-bond donors (Lipinski definition) is 1. The lowest BCUT2D eigenvalue weighted by molar-refractivity contribution is -0.0350. The molecule has 2 unspecified atom stereocenters. The molecule has 0 aromatic carbocycles. The topological polar surface area (TPSA) is 71.6 Å². The number of aromatic nitrogens is 2. The van der Waals surface area contributed by atoms with E-state index in [1.54, 1.807) is 6.92 Å². The lowest BCUT2D eigenvalue weighted by Crippen LogP contribution is -2.39. The van der Waals surface area contributed by atoms with Crippen LogP contribution in [0, 0.1) is 0 Å². The van der Waals surface area contributed by atoms with Crippen LogP contribution < -0.4 is 0 Å². The lowest BCUT2D eigenvalue weighted by atomic mass is 10.2. The predicted molar refractivity (Wildman–Crippen MR) is 65.1 cm³/mol. The van der Waals surface area contributed by atoms with Gasteiger partial charge in [0.05, 0.1) is 19.1 Å². The zero-order chi connectivity index (χ0) is 13.0. The molecule has 0 bridgehead atoms. The minimum atomic E-state index is -0.470. The summed E-state index contributed by atoms with van der Waals surface area (Å²) in [7, 11) is 0. The fourth-order valence-electron chi connectivity index (χ4n) is 2.11. The van der Waals surface area contributed by atoms with Crippen molar-refractivity contribution < 1.29 is 14.4 Å². The second-order valence-electron chi connectivity index (χ2n) is 4.76. The Morgan fingerprint density at radius 1 is 1.56 bits per heavy atom. The Hall–Kier alpha value is -0.980. The largest absolute Gasteiger partial charge is 0.393 e. The molecule has 102 valence electrons. The molecule has 1 fully saturated rings. The van der Waals surface area contributed by atoms with Crippen LogP contribution >= 0.6 is 0 Å². The first-order chi connectivity index (χ1) is 8.69. The Bertz CT molecular complexity index is 365. The summed E-state index contributed by atoms with van der Waals surface area (Å²) in [6.07, 6.45) is 0.934. The number of morpholine rings is 1. The number of hydrogen-bond acceptors (Lipinski definition) is 6. The standard InChI is InChI=1S/C12H21N3O3/c1-3-4-15-5-6-17-10(8-15)12-13-11(18-14-12)7-9(2)16/h9-10,16H,3-8H2,1-2H3. The first kappa shape index (κ1) is 13.5. The van der Waals surface area contributed by atoms with Crippen molar-refractivity contribution in [2.24, 2.45) is 0 Å². The quantitative estimate of drug-likeness (QED) is 0.838. The maximum absolute atomic E-state index is 9.27. The molecule has 1 aliphatic heterocycles. The average molecular weight is 255 g/mol. The fraction of sp³-hybridized carbons (Fsp3) is 0.833. The average Bonchev–Trinajstić information content (AvgIpc) is 2.77. The van der Waals surface area contributed by atoms with Gasteiger partial charge >= 0.3 is 0 Å². The summed E-state index contributed by atoms with van der Waals surface area (Å²) in [5, 5.41) is 13.2. The molecule has 0 saturated carbocycles. The highest BCUT2D eigenvalue weighted by molar-refractivity contribution is 4.94.